The Morgan fingerprint density at radius 2 is 2.26 bits per heavy atom. The van der Waals surface area contributed by atoms with Gasteiger partial charge in [0.05, 0.1) is 5.60 Å². The third kappa shape index (κ3) is 3.95. The highest BCUT2D eigenvalue weighted by Gasteiger charge is 2.36. The quantitative estimate of drug-likeness (QED) is 0.886. The van der Waals surface area contributed by atoms with Crippen LogP contribution in [0, 0.1) is 0 Å². The van der Waals surface area contributed by atoms with Crippen LogP contribution >= 0.6 is 11.6 Å². The van der Waals surface area contributed by atoms with Crippen molar-refractivity contribution in [2.45, 2.75) is 51.2 Å². The lowest BCUT2D eigenvalue weighted by Gasteiger charge is -2.41. The number of hydrogen-bond donors (Lipinski definition) is 1. The van der Waals surface area contributed by atoms with Crippen molar-refractivity contribution in [3.63, 3.8) is 0 Å². The Morgan fingerprint density at radius 3 is 2.89 bits per heavy atom. The van der Waals surface area contributed by atoms with Crippen LogP contribution in [0.5, 0.6) is 0 Å². The summed E-state index contributed by atoms with van der Waals surface area (Å²) >= 11 is 6.07. The zero-order valence-electron chi connectivity index (χ0n) is 11.9. The molecule has 0 spiro atoms. The van der Waals surface area contributed by atoms with Gasteiger partial charge in [0.25, 0.3) is 0 Å². The largest absolute Gasteiger partial charge is 0.374 e. The predicted octanol–water partition coefficient (Wildman–Crippen LogP) is 3.82. The molecule has 0 amide bonds. The Morgan fingerprint density at radius 1 is 1.42 bits per heavy atom. The van der Waals surface area contributed by atoms with Crippen LogP contribution in [0.25, 0.3) is 0 Å². The molecule has 2 unspecified atom stereocenters. The number of ether oxygens (including phenoxy) is 1. The van der Waals surface area contributed by atoms with Crippen LogP contribution < -0.4 is 5.32 Å². The Labute approximate surface area is 121 Å². The van der Waals surface area contributed by atoms with E-state index >= 15 is 0 Å². The fraction of sp³-hybridized carbons (Fsp3) is 0.625. The van der Waals surface area contributed by atoms with Gasteiger partial charge in [0.1, 0.15) is 0 Å². The van der Waals surface area contributed by atoms with Crippen molar-refractivity contribution >= 4 is 11.6 Å². The molecule has 19 heavy (non-hydrogen) atoms. The molecule has 1 fully saturated rings. The number of likely N-dealkylation sites (N-methyl/N-ethyl adjacent to an activating group) is 1. The maximum Gasteiger partial charge on any atom is 0.0810 e. The second-order valence-corrected chi connectivity index (χ2v) is 6.00. The minimum absolute atomic E-state index is 0.0590. The monoisotopic (exact) mass is 281 g/mol. The third-order valence-corrected chi connectivity index (χ3v) is 4.25. The van der Waals surface area contributed by atoms with Crippen LogP contribution in [0.2, 0.25) is 5.02 Å². The standard InChI is InChI=1S/C16H24ClNO/c1-3-18-15(16(2)9-4-5-10-19-16)12-13-7-6-8-14(17)11-13/h6-8,11,15,18H,3-5,9-10,12H2,1-2H3. The van der Waals surface area contributed by atoms with Crippen molar-refractivity contribution < 1.29 is 4.74 Å². The lowest BCUT2D eigenvalue weighted by molar-refractivity contribution is -0.0881. The Hall–Kier alpha value is -0.570. The average molecular weight is 282 g/mol. The number of nitrogens with one attached hydrogen (secondary N) is 1. The number of hydrogen-bond acceptors (Lipinski definition) is 2. The molecule has 1 aliphatic rings. The van der Waals surface area contributed by atoms with Crippen LogP contribution in [0.15, 0.2) is 24.3 Å². The Bertz CT molecular complexity index is 401. The maximum atomic E-state index is 6.09. The first-order chi connectivity index (χ1) is 9.14. The summed E-state index contributed by atoms with van der Waals surface area (Å²) in [4.78, 5) is 0. The van der Waals surface area contributed by atoms with E-state index in [0.717, 1.165) is 31.0 Å². The molecule has 1 saturated heterocycles. The van der Waals surface area contributed by atoms with Gasteiger partial charge in [-0.1, -0.05) is 30.7 Å². The van der Waals surface area contributed by atoms with Gasteiger partial charge in [0.15, 0.2) is 0 Å². The SMILES string of the molecule is CCNC(Cc1cccc(Cl)c1)C1(C)CCCCO1. The molecule has 0 aromatic heterocycles. The van der Waals surface area contributed by atoms with E-state index in [1.807, 2.05) is 12.1 Å². The zero-order valence-corrected chi connectivity index (χ0v) is 12.7. The van der Waals surface area contributed by atoms with E-state index in [4.69, 9.17) is 16.3 Å². The van der Waals surface area contributed by atoms with Gasteiger partial charge in [0.2, 0.25) is 0 Å². The summed E-state index contributed by atoms with van der Waals surface area (Å²) < 4.78 is 6.09. The van der Waals surface area contributed by atoms with E-state index in [-0.39, 0.29) is 5.60 Å². The van der Waals surface area contributed by atoms with Crippen LogP contribution in [0.3, 0.4) is 0 Å². The van der Waals surface area contributed by atoms with Crippen molar-refractivity contribution in [1.82, 2.24) is 5.32 Å². The summed E-state index contributed by atoms with van der Waals surface area (Å²) in [7, 11) is 0. The molecule has 1 N–H and O–H groups in total. The van der Waals surface area contributed by atoms with Crippen molar-refractivity contribution in [2.24, 2.45) is 0 Å². The first-order valence-corrected chi connectivity index (χ1v) is 7.63. The van der Waals surface area contributed by atoms with Crippen molar-refractivity contribution in [1.29, 1.82) is 0 Å². The Balaban J connectivity index is 2.11. The topological polar surface area (TPSA) is 21.3 Å². The molecular formula is C16H24ClNO. The molecule has 0 saturated carbocycles. The highest BCUT2D eigenvalue weighted by molar-refractivity contribution is 6.30. The summed E-state index contributed by atoms with van der Waals surface area (Å²) in [5.74, 6) is 0. The van der Waals surface area contributed by atoms with Gasteiger partial charge in [-0.25, -0.2) is 0 Å². The van der Waals surface area contributed by atoms with Crippen LogP contribution in [0.4, 0.5) is 0 Å². The van der Waals surface area contributed by atoms with Gasteiger partial charge in [-0.05, 0) is 56.8 Å². The van der Waals surface area contributed by atoms with Crippen LogP contribution in [0.1, 0.15) is 38.7 Å². The van der Waals surface area contributed by atoms with Gasteiger partial charge >= 0.3 is 0 Å². The van der Waals surface area contributed by atoms with Crippen LogP contribution in [-0.2, 0) is 11.2 Å². The highest BCUT2D eigenvalue weighted by Crippen LogP contribution is 2.30. The summed E-state index contributed by atoms with van der Waals surface area (Å²) in [6, 6.07) is 8.48. The first kappa shape index (κ1) is 14.8. The molecule has 1 aromatic rings. The normalized spacial score (nSPS) is 25.2. The molecule has 1 aliphatic heterocycles. The summed E-state index contributed by atoms with van der Waals surface area (Å²) in [6.45, 7) is 6.24. The molecule has 0 radical (unpaired) electrons. The van der Waals surface area contributed by atoms with E-state index < -0.39 is 0 Å². The van der Waals surface area contributed by atoms with E-state index in [2.05, 4.69) is 31.3 Å². The fourth-order valence-electron chi connectivity index (χ4n) is 2.88. The van der Waals surface area contributed by atoms with E-state index in [1.54, 1.807) is 0 Å². The number of rotatable bonds is 5. The van der Waals surface area contributed by atoms with E-state index in [1.165, 1.54) is 18.4 Å². The minimum atomic E-state index is -0.0590. The lowest BCUT2D eigenvalue weighted by Crippen LogP contribution is -2.53. The average Bonchev–Trinajstić information content (AvgIpc) is 2.39. The molecule has 0 bridgehead atoms. The summed E-state index contributed by atoms with van der Waals surface area (Å²) in [5, 5.41) is 4.40. The van der Waals surface area contributed by atoms with Gasteiger partial charge in [-0.3, -0.25) is 0 Å². The second-order valence-electron chi connectivity index (χ2n) is 5.56. The third-order valence-electron chi connectivity index (χ3n) is 4.02. The minimum Gasteiger partial charge on any atom is -0.374 e. The zero-order chi connectivity index (χ0) is 13.7. The summed E-state index contributed by atoms with van der Waals surface area (Å²) in [6.07, 6.45) is 4.54. The molecule has 2 rings (SSSR count). The van der Waals surface area contributed by atoms with Crippen molar-refractivity contribution in [3.05, 3.63) is 34.9 Å². The maximum absolute atomic E-state index is 6.09. The van der Waals surface area contributed by atoms with Gasteiger partial charge in [-0.15, -0.1) is 0 Å². The molecular weight excluding hydrogens is 258 g/mol. The smallest absolute Gasteiger partial charge is 0.0810 e. The van der Waals surface area contributed by atoms with E-state index in [0.29, 0.717) is 6.04 Å². The highest BCUT2D eigenvalue weighted by atomic mass is 35.5. The molecule has 1 heterocycles. The number of halogens is 1. The lowest BCUT2D eigenvalue weighted by atomic mass is 9.84. The molecule has 3 heteroatoms. The first-order valence-electron chi connectivity index (χ1n) is 7.26. The molecule has 0 aliphatic carbocycles. The molecule has 2 nitrogen and oxygen atoms in total. The van der Waals surface area contributed by atoms with Gasteiger partial charge < -0.3 is 10.1 Å². The molecule has 106 valence electrons. The Kier molecular flexibility index (Phi) is 5.26. The van der Waals surface area contributed by atoms with Gasteiger partial charge in [-0.2, -0.15) is 0 Å². The van der Waals surface area contributed by atoms with Crippen LogP contribution in [-0.4, -0.2) is 24.8 Å². The van der Waals surface area contributed by atoms with Crippen molar-refractivity contribution in [3.8, 4) is 0 Å². The fourth-order valence-corrected chi connectivity index (χ4v) is 3.09. The molecule has 2 atom stereocenters. The number of benzene rings is 1. The predicted molar refractivity (Wildman–Crippen MR) is 80.8 cm³/mol. The molecule has 1 aromatic carbocycles. The van der Waals surface area contributed by atoms with E-state index in [9.17, 15) is 0 Å². The van der Waals surface area contributed by atoms with Gasteiger partial charge in [0, 0.05) is 17.7 Å². The van der Waals surface area contributed by atoms with Crippen molar-refractivity contribution in [2.75, 3.05) is 13.2 Å². The summed E-state index contributed by atoms with van der Waals surface area (Å²) in [5.41, 5.74) is 1.21. The second kappa shape index (κ2) is 6.74.